The lowest BCUT2D eigenvalue weighted by Crippen LogP contribution is -2.57. The zero-order valence-electron chi connectivity index (χ0n) is 12.2. The van der Waals surface area contributed by atoms with Crippen LogP contribution < -0.4 is 0 Å². The molecule has 0 saturated carbocycles. The van der Waals surface area contributed by atoms with E-state index >= 15 is 0 Å². The van der Waals surface area contributed by atoms with Crippen LogP contribution in [0.25, 0.3) is 5.57 Å². The van der Waals surface area contributed by atoms with Gasteiger partial charge in [0.15, 0.2) is 0 Å². The first-order chi connectivity index (χ1) is 10.2. The lowest BCUT2D eigenvalue weighted by molar-refractivity contribution is 0.0381. The van der Waals surface area contributed by atoms with Crippen molar-refractivity contribution in [1.29, 1.82) is 0 Å². The first-order valence-electron chi connectivity index (χ1n) is 7.28. The van der Waals surface area contributed by atoms with Crippen molar-refractivity contribution in [3.05, 3.63) is 78.4 Å². The molecule has 2 nitrogen and oxygen atoms in total. The van der Waals surface area contributed by atoms with Crippen LogP contribution in [0.15, 0.2) is 67.2 Å². The van der Waals surface area contributed by atoms with Gasteiger partial charge in [-0.3, -0.25) is 4.79 Å². The van der Waals surface area contributed by atoms with Gasteiger partial charge in [-0.2, -0.15) is 0 Å². The minimum atomic E-state index is 0.0933. The fourth-order valence-corrected chi connectivity index (χ4v) is 3.00. The molecule has 1 fully saturated rings. The monoisotopic (exact) mass is 277 g/mol. The summed E-state index contributed by atoms with van der Waals surface area (Å²) in [4.78, 5) is 14.5. The van der Waals surface area contributed by atoms with Crippen molar-refractivity contribution in [2.75, 3.05) is 6.54 Å². The molecule has 0 radical (unpaired) electrons. The van der Waals surface area contributed by atoms with Gasteiger partial charge in [0.05, 0.1) is 6.04 Å². The van der Waals surface area contributed by atoms with Crippen LogP contribution in [0.2, 0.25) is 0 Å². The van der Waals surface area contributed by atoms with E-state index in [1.165, 1.54) is 0 Å². The zero-order valence-corrected chi connectivity index (χ0v) is 12.2. The zero-order chi connectivity index (χ0) is 14.8. The van der Waals surface area contributed by atoms with Gasteiger partial charge < -0.3 is 4.90 Å². The molecule has 2 aromatic rings. The predicted molar refractivity (Wildman–Crippen MR) is 85.9 cm³/mol. The van der Waals surface area contributed by atoms with Crippen molar-refractivity contribution < 1.29 is 4.79 Å². The smallest absolute Gasteiger partial charge is 0.254 e. The van der Waals surface area contributed by atoms with Crippen LogP contribution in [0, 0.1) is 5.92 Å². The molecule has 2 heteroatoms. The molecule has 0 unspecified atom stereocenters. The van der Waals surface area contributed by atoms with Gasteiger partial charge in [-0.25, -0.2) is 0 Å². The topological polar surface area (TPSA) is 20.3 Å². The maximum absolute atomic E-state index is 12.6. The third-order valence-corrected chi connectivity index (χ3v) is 4.14. The van der Waals surface area contributed by atoms with E-state index < -0.39 is 0 Å². The molecule has 2 aromatic carbocycles. The van der Waals surface area contributed by atoms with Crippen LogP contribution in [0.3, 0.4) is 0 Å². The highest BCUT2D eigenvalue weighted by atomic mass is 16.2. The SMILES string of the molecule is C=C(c1ccccc1)[C@H]1[C@H](C)CN1C(=O)c1ccccc1. The van der Waals surface area contributed by atoms with Crippen molar-refractivity contribution in [2.24, 2.45) is 5.92 Å². The molecule has 0 aromatic heterocycles. The van der Waals surface area contributed by atoms with Crippen molar-refractivity contribution in [1.82, 2.24) is 4.90 Å². The fourth-order valence-electron chi connectivity index (χ4n) is 3.00. The third-order valence-electron chi connectivity index (χ3n) is 4.14. The summed E-state index contributed by atoms with van der Waals surface area (Å²) in [5.74, 6) is 0.543. The van der Waals surface area contributed by atoms with E-state index in [9.17, 15) is 4.79 Å². The summed E-state index contributed by atoms with van der Waals surface area (Å²) in [6, 6.07) is 19.7. The molecular weight excluding hydrogens is 258 g/mol. The number of rotatable bonds is 3. The highest BCUT2D eigenvalue weighted by molar-refractivity contribution is 5.96. The van der Waals surface area contributed by atoms with E-state index in [1.54, 1.807) is 0 Å². The molecule has 0 aliphatic carbocycles. The largest absolute Gasteiger partial charge is 0.331 e. The summed E-state index contributed by atoms with van der Waals surface area (Å²) in [6.45, 7) is 7.20. The Labute approximate surface area is 125 Å². The normalized spacial score (nSPS) is 20.7. The summed E-state index contributed by atoms with van der Waals surface area (Å²) in [6.07, 6.45) is 0. The molecule has 1 saturated heterocycles. The Kier molecular flexibility index (Phi) is 3.61. The Morgan fingerprint density at radius 1 is 1.00 bits per heavy atom. The summed E-state index contributed by atoms with van der Waals surface area (Å²) in [5, 5.41) is 0. The Balaban J connectivity index is 1.82. The maximum atomic E-state index is 12.6. The third kappa shape index (κ3) is 2.49. The number of nitrogens with zero attached hydrogens (tertiary/aromatic N) is 1. The molecule has 0 spiro atoms. The summed E-state index contributed by atoms with van der Waals surface area (Å²) < 4.78 is 0. The number of benzene rings is 2. The first kappa shape index (κ1) is 13.6. The van der Waals surface area contributed by atoms with Crippen molar-refractivity contribution in [3.63, 3.8) is 0 Å². The molecule has 3 rings (SSSR count). The Hall–Kier alpha value is -2.35. The second-order valence-corrected chi connectivity index (χ2v) is 5.64. The van der Waals surface area contributed by atoms with E-state index in [-0.39, 0.29) is 11.9 Å². The second-order valence-electron chi connectivity index (χ2n) is 5.64. The van der Waals surface area contributed by atoms with Crippen LogP contribution >= 0.6 is 0 Å². The van der Waals surface area contributed by atoms with Gasteiger partial charge in [-0.1, -0.05) is 62.0 Å². The molecular formula is C19H19NO. The van der Waals surface area contributed by atoms with Gasteiger partial charge >= 0.3 is 0 Å². The molecule has 1 heterocycles. The van der Waals surface area contributed by atoms with Gasteiger partial charge in [0.1, 0.15) is 0 Å². The minimum absolute atomic E-state index is 0.0933. The predicted octanol–water partition coefficient (Wildman–Crippen LogP) is 3.86. The van der Waals surface area contributed by atoms with E-state index in [2.05, 4.69) is 25.6 Å². The van der Waals surface area contributed by atoms with Crippen LogP contribution in [0.5, 0.6) is 0 Å². The van der Waals surface area contributed by atoms with Crippen LogP contribution in [-0.4, -0.2) is 23.4 Å². The standard InChI is InChI=1S/C19H19NO/c1-14-13-20(19(21)17-11-7-4-8-12-17)18(14)15(2)16-9-5-3-6-10-16/h3-12,14,18H,2,13H2,1H3/t14-,18-/m1/s1. The molecule has 1 aliphatic heterocycles. The molecule has 1 amide bonds. The highest BCUT2D eigenvalue weighted by Crippen LogP contribution is 2.35. The molecule has 106 valence electrons. The van der Waals surface area contributed by atoms with Crippen molar-refractivity contribution in [2.45, 2.75) is 13.0 Å². The maximum Gasteiger partial charge on any atom is 0.254 e. The van der Waals surface area contributed by atoms with E-state index in [4.69, 9.17) is 0 Å². The first-order valence-corrected chi connectivity index (χ1v) is 7.28. The Bertz CT molecular complexity index is 648. The van der Waals surface area contributed by atoms with Gasteiger partial charge in [-0.15, -0.1) is 0 Å². The van der Waals surface area contributed by atoms with E-state index in [0.29, 0.717) is 5.92 Å². The number of likely N-dealkylation sites (tertiary alicyclic amines) is 1. The lowest BCUT2D eigenvalue weighted by atomic mass is 9.82. The number of hydrogen-bond donors (Lipinski definition) is 0. The molecule has 21 heavy (non-hydrogen) atoms. The number of amides is 1. The van der Waals surface area contributed by atoms with Crippen LogP contribution in [0.1, 0.15) is 22.8 Å². The quantitative estimate of drug-likeness (QED) is 0.834. The number of hydrogen-bond acceptors (Lipinski definition) is 1. The lowest BCUT2D eigenvalue weighted by Gasteiger charge is -2.48. The second kappa shape index (κ2) is 5.57. The van der Waals surface area contributed by atoms with E-state index in [1.807, 2.05) is 53.4 Å². The molecule has 1 aliphatic rings. The average molecular weight is 277 g/mol. The van der Waals surface area contributed by atoms with E-state index in [0.717, 1.165) is 23.2 Å². The molecule has 2 atom stereocenters. The van der Waals surface area contributed by atoms with Gasteiger partial charge in [0.2, 0.25) is 0 Å². The molecule has 0 N–H and O–H groups in total. The van der Waals surface area contributed by atoms with Gasteiger partial charge in [0, 0.05) is 12.1 Å². The Morgan fingerprint density at radius 2 is 1.52 bits per heavy atom. The molecule has 0 bridgehead atoms. The summed E-state index contributed by atoms with van der Waals surface area (Å²) >= 11 is 0. The minimum Gasteiger partial charge on any atom is -0.331 e. The van der Waals surface area contributed by atoms with Crippen molar-refractivity contribution >= 4 is 11.5 Å². The van der Waals surface area contributed by atoms with Crippen LogP contribution in [0.4, 0.5) is 0 Å². The van der Waals surface area contributed by atoms with Gasteiger partial charge in [-0.05, 0) is 29.2 Å². The average Bonchev–Trinajstić information content (AvgIpc) is 2.53. The summed E-state index contributed by atoms with van der Waals surface area (Å²) in [5.41, 5.74) is 2.88. The van der Waals surface area contributed by atoms with Crippen LogP contribution in [-0.2, 0) is 0 Å². The highest BCUT2D eigenvalue weighted by Gasteiger charge is 2.41. The van der Waals surface area contributed by atoms with Gasteiger partial charge in [0.25, 0.3) is 5.91 Å². The van der Waals surface area contributed by atoms with Crippen molar-refractivity contribution in [3.8, 4) is 0 Å². The fraction of sp³-hybridized carbons (Fsp3) is 0.211. The Morgan fingerprint density at radius 3 is 2.05 bits per heavy atom. The number of carbonyl (C=O) groups excluding carboxylic acids is 1. The summed E-state index contributed by atoms with van der Waals surface area (Å²) in [7, 11) is 0. The number of carbonyl (C=O) groups is 1.